The molecule has 7 heteroatoms. The van der Waals surface area contributed by atoms with Gasteiger partial charge in [-0.25, -0.2) is 0 Å². The summed E-state index contributed by atoms with van der Waals surface area (Å²) < 4.78 is 16.9. The van der Waals surface area contributed by atoms with Crippen LogP contribution in [0.15, 0.2) is 0 Å². The third-order valence-electron chi connectivity index (χ3n) is 0. The van der Waals surface area contributed by atoms with Gasteiger partial charge in [0.15, 0.2) is 0 Å². The van der Waals surface area contributed by atoms with Crippen molar-refractivity contribution in [3.8, 4) is 0 Å². The Kier molecular flexibility index (Phi) is 61.2. The maximum Gasteiger partial charge on any atom is 2.00 e. The molecular weight excluding hydrogens is 150 g/mol. The first kappa shape index (κ1) is 15.7. The van der Waals surface area contributed by atoms with E-state index in [9.17, 15) is 0 Å². The Balaban J connectivity index is -0.0000000400. The van der Waals surface area contributed by atoms with Gasteiger partial charge in [0.25, 0.3) is 0 Å². The first-order valence-electron chi connectivity index (χ1n) is 0.943. The van der Waals surface area contributed by atoms with E-state index in [1.54, 1.807) is 0 Å². The van der Waals surface area contributed by atoms with Crippen molar-refractivity contribution in [2.45, 2.75) is 0 Å². The quantitative estimate of drug-likeness (QED) is 0.289. The molecule has 4 nitrogen and oxygen atoms in total. The van der Waals surface area contributed by atoms with Crippen LogP contribution in [0.4, 0.5) is 0 Å². The number of rotatable bonds is 0. The summed E-state index contributed by atoms with van der Waals surface area (Å²) in [4.78, 5) is 16.9. The predicted molar refractivity (Wildman–Crippen MR) is 26.5 cm³/mol. The Labute approximate surface area is 59.7 Å². The van der Waals surface area contributed by atoms with Crippen molar-refractivity contribution in [2.24, 2.45) is 0 Å². The summed E-state index contributed by atoms with van der Waals surface area (Å²) in [6.45, 7) is 0. The van der Waals surface area contributed by atoms with Crippen molar-refractivity contribution in [3.05, 3.63) is 0 Å². The van der Waals surface area contributed by atoms with Gasteiger partial charge in [0.05, 0.1) is 0 Å². The molecule has 0 bridgehead atoms. The molecule has 2 atom stereocenters. The van der Waals surface area contributed by atoms with Gasteiger partial charge in [-0.3, -0.25) is 0 Å². The van der Waals surface area contributed by atoms with Crippen LogP contribution in [0.25, 0.3) is 0 Å². The third-order valence-corrected chi connectivity index (χ3v) is 0. The first-order chi connectivity index (χ1) is 2.83. The molecule has 40 valence electrons. The molecule has 0 aliphatic carbocycles. The van der Waals surface area contributed by atoms with Crippen LogP contribution >= 0.6 is 17.4 Å². The van der Waals surface area contributed by atoms with Crippen LogP contribution < -0.4 is 9.79 Å². The molecular formula is H4MgO4P2. The van der Waals surface area contributed by atoms with E-state index >= 15 is 0 Å². The van der Waals surface area contributed by atoms with Gasteiger partial charge in [-0.15, -0.1) is 0 Å². The Morgan fingerprint density at radius 3 is 1.00 bits per heavy atom. The smallest absolute Gasteiger partial charge is 0.804 e. The van der Waals surface area contributed by atoms with Crippen molar-refractivity contribution >= 4 is 40.4 Å². The van der Waals surface area contributed by atoms with Crippen LogP contribution in [-0.2, 0) is 9.13 Å². The van der Waals surface area contributed by atoms with Gasteiger partial charge in [-0.2, -0.15) is 0 Å². The molecule has 7 heavy (non-hydrogen) atoms. The summed E-state index contributed by atoms with van der Waals surface area (Å²) in [6.07, 6.45) is 0. The third kappa shape index (κ3) is 144. The fourth-order valence-electron chi connectivity index (χ4n) is 0. The van der Waals surface area contributed by atoms with Crippen LogP contribution in [0.2, 0.25) is 0 Å². The van der Waals surface area contributed by atoms with Crippen LogP contribution in [-0.4, -0.2) is 23.1 Å². The van der Waals surface area contributed by atoms with Gasteiger partial charge in [0.1, 0.15) is 0 Å². The average molecular weight is 154 g/mol. The van der Waals surface area contributed by atoms with E-state index in [1.165, 1.54) is 0 Å². The Bertz CT molecular complexity index is 30.7. The van der Waals surface area contributed by atoms with E-state index in [1.807, 2.05) is 0 Å². The molecule has 0 spiro atoms. The van der Waals surface area contributed by atoms with Crippen LogP contribution in [0.5, 0.6) is 0 Å². The number of hydrogen-bond donors (Lipinski definition) is 0. The molecule has 0 N–H and O–H groups in total. The second-order valence-corrected chi connectivity index (χ2v) is 0.577. The van der Waals surface area contributed by atoms with Gasteiger partial charge in [0.2, 0.25) is 0 Å². The minimum Gasteiger partial charge on any atom is -0.804 e. The summed E-state index contributed by atoms with van der Waals surface area (Å²) in [5, 5.41) is 0. The zero-order chi connectivity index (χ0) is 5.41. The summed E-state index contributed by atoms with van der Waals surface area (Å²) in [6, 6.07) is 0. The van der Waals surface area contributed by atoms with Crippen molar-refractivity contribution in [1.82, 2.24) is 0 Å². The molecule has 0 aromatic rings. The van der Waals surface area contributed by atoms with Crippen molar-refractivity contribution < 1.29 is 18.9 Å². The normalized spacial score (nSPS) is 8.29. The minimum atomic E-state index is -1.75. The maximum absolute atomic E-state index is 8.46. The molecule has 0 heterocycles. The van der Waals surface area contributed by atoms with E-state index in [-0.39, 0.29) is 23.1 Å². The standard InChI is InChI=1S/Mg.2H3O2P/c;2*1-3-2/h;2*3H2,(H,1,2)/q+2;;/p-2. The summed E-state index contributed by atoms with van der Waals surface area (Å²) in [5.41, 5.74) is 0. The average Bonchev–Trinajstić information content (AvgIpc) is 1.39. The fourth-order valence-corrected chi connectivity index (χ4v) is 0. The molecule has 0 amide bonds. The summed E-state index contributed by atoms with van der Waals surface area (Å²) in [5.74, 6) is 0. The van der Waals surface area contributed by atoms with E-state index in [0.717, 1.165) is 0 Å². The fraction of sp³-hybridized carbons (Fsp3) is 0. The topological polar surface area (TPSA) is 80.3 Å². The Morgan fingerprint density at radius 1 is 1.00 bits per heavy atom. The predicted octanol–water partition coefficient (Wildman–Crippen LogP) is -2.34. The van der Waals surface area contributed by atoms with Crippen LogP contribution in [0.3, 0.4) is 0 Å². The zero-order valence-corrected chi connectivity index (χ0v) is 7.22. The van der Waals surface area contributed by atoms with Crippen molar-refractivity contribution in [3.63, 3.8) is 0 Å². The Hall–Kier alpha value is 1.15. The SMILES string of the molecule is O=[PH2][O-].O=[PH2][O-].[Mg+2]. The molecule has 0 fully saturated rings. The monoisotopic (exact) mass is 154 g/mol. The molecule has 2 unspecified atom stereocenters. The van der Waals surface area contributed by atoms with Crippen LogP contribution in [0.1, 0.15) is 0 Å². The van der Waals surface area contributed by atoms with Gasteiger partial charge in [-0.1, -0.05) is 0 Å². The Morgan fingerprint density at radius 2 is 1.00 bits per heavy atom. The van der Waals surface area contributed by atoms with Gasteiger partial charge < -0.3 is 18.9 Å². The zero-order valence-electron chi connectivity index (χ0n) is 3.49. The van der Waals surface area contributed by atoms with E-state index < -0.39 is 17.4 Å². The van der Waals surface area contributed by atoms with Crippen molar-refractivity contribution in [2.75, 3.05) is 0 Å². The summed E-state index contributed by atoms with van der Waals surface area (Å²) >= 11 is 0. The van der Waals surface area contributed by atoms with E-state index in [4.69, 9.17) is 18.9 Å². The summed E-state index contributed by atoms with van der Waals surface area (Å²) in [7, 11) is -3.50. The minimum absolute atomic E-state index is 0. The van der Waals surface area contributed by atoms with Gasteiger partial charge in [0, 0.05) is 0 Å². The van der Waals surface area contributed by atoms with Crippen molar-refractivity contribution in [1.29, 1.82) is 0 Å². The molecule has 0 aromatic carbocycles. The molecule has 0 radical (unpaired) electrons. The molecule has 0 aliphatic rings. The molecule has 0 aliphatic heterocycles. The van der Waals surface area contributed by atoms with Gasteiger partial charge >= 0.3 is 23.1 Å². The maximum atomic E-state index is 8.46. The molecule has 0 saturated heterocycles. The van der Waals surface area contributed by atoms with Crippen LogP contribution in [0, 0.1) is 0 Å². The molecule has 0 rings (SSSR count). The van der Waals surface area contributed by atoms with E-state index in [2.05, 4.69) is 0 Å². The van der Waals surface area contributed by atoms with Gasteiger partial charge in [-0.05, 0) is 17.4 Å². The second kappa shape index (κ2) is 27.3. The number of hydrogen-bond acceptors (Lipinski definition) is 4. The second-order valence-electron chi connectivity index (χ2n) is 0.192. The molecule has 0 saturated carbocycles. The molecule has 0 aromatic heterocycles. The van der Waals surface area contributed by atoms with E-state index in [0.29, 0.717) is 0 Å². The largest absolute Gasteiger partial charge is 2.00 e. The first-order valence-corrected chi connectivity index (χ1v) is 2.83.